The summed E-state index contributed by atoms with van der Waals surface area (Å²) in [4.78, 5) is 17.7. The standard InChI is InChI=1S/C23H25N3O3/c1-14-10-20(24-2)21(29-4)13-17(14)22(27)26-23(7-8-23)18-11-15(28-3)12-19-16(18)6-5-9-25-19/h5-6,9-13,24H,7-8H2,1-4H3,(H,26,27). The van der Waals surface area contributed by atoms with Crippen LogP contribution in [0.15, 0.2) is 42.6 Å². The highest BCUT2D eigenvalue weighted by Crippen LogP contribution is 2.49. The van der Waals surface area contributed by atoms with Crippen molar-refractivity contribution < 1.29 is 14.3 Å². The van der Waals surface area contributed by atoms with Crippen LogP contribution >= 0.6 is 0 Å². The van der Waals surface area contributed by atoms with E-state index in [1.54, 1.807) is 26.5 Å². The fraction of sp³-hybridized carbons (Fsp3) is 0.304. The van der Waals surface area contributed by atoms with Crippen LogP contribution in [0, 0.1) is 6.92 Å². The molecule has 3 aromatic rings. The summed E-state index contributed by atoms with van der Waals surface area (Å²) in [6.45, 7) is 1.93. The van der Waals surface area contributed by atoms with Gasteiger partial charge in [-0.05, 0) is 55.2 Å². The van der Waals surface area contributed by atoms with E-state index in [-0.39, 0.29) is 5.91 Å². The van der Waals surface area contributed by atoms with Crippen LogP contribution in [0.4, 0.5) is 5.69 Å². The lowest BCUT2D eigenvalue weighted by atomic mass is 9.97. The minimum Gasteiger partial charge on any atom is -0.497 e. The number of hydrogen-bond donors (Lipinski definition) is 2. The van der Waals surface area contributed by atoms with Crippen LogP contribution in [0.5, 0.6) is 11.5 Å². The molecule has 29 heavy (non-hydrogen) atoms. The number of fused-ring (bicyclic) bond motifs is 1. The fourth-order valence-electron chi connectivity index (χ4n) is 3.84. The molecule has 1 saturated carbocycles. The van der Waals surface area contributed by atoms with Gasteiger partial charge < -0.3 is 20.1 Å². The Hall–Kier alpha value is -3.28. The number of rotatable bonds is 6. The molecular weight excluding hydrogens is 366 g/mol. The summed E-state index contributed by atoms with van der Waals surface area (Å²) < 4.78 is 10.9. The van der Waals surface area contributed by atoms with E-state index in [0.29, 0.717) is 11.3 Å². The molecule has 1 amide bonds. The summed E-state index contributed by atoms with van der Waals surface area (Å²) in [5.41, 5.74) is 3.85. The lowest BCUT2D eigenvalue weighted by Crippen LogP contribution is -2.35. The summed E-state index contributed by atoms with van der Waals surface area (Å²) in [6, 6.07) is 11.6. The average Bonchev–Trinajstić information content (AvgIpc) is 3.52. The SMILES string of the molecule is CNc1cc(C)c(C(=O)NC2(c3cc(OC)cc4ncccc34)CC2)cc1OC. The molecule has 4 rings (SSSR count). The quantitative estimate of drug-likeness (QED) is 0.664. The number of pyridine rings is 1. The first-order valence-electron chi connectivity index (χ1n) is 9.63. The molecule has 1 aromatic heterocycles. The molecule has 1 heterocycles. The molecule has 1 aliphatic carbocycles. The number of benzene rings is 2. The van der Waals surface area contributed by atoms with Crippen molar-refractivity contribution in [3.63, 3.8) is 0 Å². The number of nitrogens with one attached hydrogen (secondary N) is 2. The first-order valence-corrected chi connectivity index (χ1v) is 9.63. The van der Waals surface area contributed by atoms with Crippen LogP contribution in [-0.4, -0.2) is 32.2 Å². The maximum absolute atomic E-state index is 13.2. The van der Waals surface area contributed by atoms with Crippen LogP contribution in [0.2, 0.25) is 0 Å². The van der Waals surface area contributed by atoms with Gasteiger partial charge in [-0.2, -0.15) is 0 Å². The summed E-state index contributed by atoms with van der Waals surface area (Å²) in [6.07, 6.45) is 3.52. The highest BCUT2D eigenvalue weighted by atomic mass is 16.5. The molecule has 0 aliphatic heterocycles. The Morgan fingerprint density at radius 1 is 1.14 bits per heavy atom. The zero-order chi connectivity index (χ0) is 20.6. The predicted octanol–water partition coefficient (Wildman–Crippen LogP) is 4.02. The van der Waals surface area contributed by atoms with Crippen LogP contribution < -0.4 is 20.1 Å². The summed E-state index contributed by atoms with van der Waals surface area (Å²) >= 11 is 0. The first-order chi connectivity index (χ1) is 14.0. The number of nitrogens with zero attached hydrogens (tertiary/aromatic N) is 1. The topological polar surface area (TPSA) is 72.5 Å². The summed E-state index contributed by atoms with van der Waals surface area (Å²) in [5.74, 6) is 1.27. The molecule has 2 aromatic carbocycles. The van der Waals surface area contributed by atoms with E-state index < -0.39 is 5.54 Å². The third-order valence-electron chi connectivity index (χ3n) is 5.61. The van der Waals surface area contributed by atoms with Gasteiger partial charge in [-0.3, -0.25) is 9.78 Å². The lowest BCUT2D eigenvalue weighted by Gasteiger charge is -2.22. The Balaban J connectivity index is 1.72. The molecule has 0 bridgehead atoms. The van der Waals surface area contributed by atoms with Gasteiger partial charge in [-0.15, -0.1) is 0 Å². The van der Waals surface area contributed by atoms with Gasteiger partial charge in [0.15, 0.2) is 0 Å². The van der Waals surface area contributed by atoms with Crippen molar-refractivity contribution in [3.05, 3.63) is 59.3 Å². The van der Waals surface area contributed by atoms with E-state index in [1.807, 2.05) is 44.3 Å². The van der Waals surface area contributed by atoms with Crippen molar-refractivity contribution in [1.29, 1.82) is 0 Å². The lowest BCUT2D eigenvalue weighted by molar-refractivity contribution is 0.0930. The van der Waals surface area contributed by atoms with Gasteiger partial charge in [-0.25, -0.2) is 0 Å². The monoisotopic (exact) mass is 391 g/mol. The smallest absolute Gasteiger partial charge is 0.252 e. The van der Waals surface area contributed by atoms with E-state index in [2.05, 4.69) is 15.6 Å². The van der Waals surface area contributed by atoms with Crippen molar-refractivity contribution in [1.82, 2.24) is 10.3 Å². The number of aryl methyl sites for hydroxylation is 1. The van der Waals surface area contributed by atoms with Crippen molar-refractivity contribution in [2.24, 2.45) is 0 Å². The van der Waals surface area contributed by atoms with E-state index in [1.165, 1.54) is 0 Å². The molecule has 150 valence electrons. The molecule has 1 fully saturated rings. The largest absolute Gasteiger partial charge is 0.497 e. The number of carbonyl (C=O) groups excluding carboxylic acids is 1. The minimum absolute atomic E-state index is 0.110. The molecule has 0 spiro atoms. The molecule has 2 N–H and O–H groups in total. The number of hydrogen-bond acceptors (Lipinski definition) is 5. The third-order valence-corrected chi connectivity index (χ3v) is 5.61. The maximum Gasteiger partial charge on any atom is 0.252 e. The normalized spacial score (nSPS) is 14.3. The average molecular weight is 391 g/mol. The Morgan fingerprint density at radius 3 is 2.59 bits per heavy atom. The summed E-state index contributed by atoms with van der Waals surface area (Å²) in [5, 5.41) is 7.40. The highest BCUT2D eigenvalue weighted by Gasteiger charge is 2.47. The molecule has 0 unspecified atom stereocenters. The number of methoxy groups -OCH3 is 2. The second kappa shape index (κ2) is 7.28. The van der Waals surface area contributed by atoms with E-state index in [9.17, 15) is 4.79 Å². The zero-order valence-corrected chi connectivity index (χ0v) is 17.1. The van der Waals surface area contributed by atoms with Crippen molar-refractivity contribution in [2.75, 3.05) is 26.6 Å². The van der Waals surface area contributed by atoms with Crippen LogP contribution in [0.1, 0.15) is 34.3 Å². The van der Waals surface area contributed by atoms with Gasteiger partial charge in [0.05, 0.1) is 31.0 Å². The predicted molar refractivity (Wildman–Crippen MR) is 114 cm³/mol. The number of ether oxygens (including phenoxy) is 2. The fourth-order valence-corrected chi connectivity index (χ4v) is 3.84. The molecule has 1 aliphatic rings. The Morgan fingerprint density at radius 2 is 1.93 bits per heavy atom. The Labute approximate surface area is 170 Å². The third kappa shape index (κ3) is 3.35. The van der Waals surface area contributed by atoms with Crippen LogP contribution in [0.25, 0.3) is 10.9 Å². The van der Waals surface area contributed by atoms with E-state index >= 15 is 0 Å². The van der Waals surface area contributed by atoms with Crippen LogP contribution in [0.3, 0.4) is 0 Å². The maximum atomic E-state index is 13.2. The number of aromatic nitrogens is 1. The minimum atomic E-state index is -0.408. The van der Waals surface area contributed by atoms with Crippen molar-refractivity contribution in [3.8, 4) is 11.5 Å². The summed E-state index contributed by atoms with van der Waals surface area (Å²) in [7, 11) is 5.08. The zero-order valence-electron chi connectivity index (χ0n) is 17.1. The van der Waals surface area contributed by atoms with Gasteiger partial charge in [0.1, 0.15) is 11.5 Å². The Kier molecular flexibility index (Phi) is 4.78. The van der Waals surface area contributed by atoms with E-state index in [0.717, 1.165) is 46.3 Å². The second-order valence-corrected chi connectivity index (χ2v) is 7.40. The van der Waals surface area contributed by atoms with Gasteiger partial charge in [0.2, 0.25) is 0 Å². The highest BCUT2D eigenvalue weighted by molar-refractivity contribution is 5.98. The van der Waals surface area contributed by atoms with Gasteiger partial charge in [0, 0.05) is 30.3 Å². The van der Waals surface area contributed by atoms with Crippen molar-refractivity contribution in [2.45, 2.75) is 25.3 Å². The number of anilines is 1. The van der Waals surface area contributed by atoms with Gasteiger partial charge >= 0.3 is 0 Å². The molecular formula is C23H25N3O3. The molecule has 6 heteroatoms. The number of amides is 1. The first kappa shape index (κ1) is 19.1. The van der Waals surface area contributed by atoms with E-state index in [4.69, 9.17) is 9.47 Å². The molecule has 6 nitrogen and oxygen atoms in total. The van der Waals surface area contributed by atoms with Gasteiger partial charge in [0.25, 0.3) is 5.91 Å². The second-order valence-electron chi connectivity index (χ2n) is 7.40. The molecule has 0 radical (unpaired) electrons. The molecule has 0 atom stereocenters. The molecule has 0 saturated heterocycles. The van der Waals surface area contributed by atoms with Crippen molar-refractivity contribution >= 4 is 22.5 Å². The van der Waals surface area contributed by atoms with Crippen LogP contribution in [-0.2, 0) is 5.54 Å². The van der Waals surface area contributed by atoms with Gasteiger partial charge in [-0.1, -0.05) is 6.07 Å². The number of carbonyl (C=O) groups is 1. The Bertz CT molecular complexity index is 1090.